The summed E-state index contributed by atoms with van der Waals surface area (Å²) in [6, 6.07) is 18.1. The molecule has 2 aromatic rings. The summed E-state index contributed by atoms with van der Waals surface area (Å²) in [6.45, 7) is 0. The van der Waals surface area contributed by atoms with Gasteiger partial charge in [0.1, 0.15) is 0 Å². The van der Waals surface area contributed by atoms with E-state index in [2.05, 4.69) is 30.0 Å². The summed E-state index contributed by atoms with van der Waals surface area (Å²) in [4.78, 5) is 24.0. The molecule has 0 amide bonds. The third-order valence-electron chi connectivity index (χ3n) is 3.98. The molecule has 1 fully saturated rings. The number of ether oxygens (including phenoxy) is 1. The maximum atomic E-state index is 11.6. The molecule has 0 bridgehead atoms. The number of hydrogen-bond donors (Lipinski definition) is 1. The number of Topliss-reactive ketones (excluding diaryl/α,β-unsaturated/α-hetero) is 1. The first-order chi connectivity index (χ1) is 12.6. The second kappa shape index (κ2) is 8.70. The molecule has 1 aliphatic rings. The van der Waals surface area contributed by atoms with Crippen molar-refractivity contribution < 1.29 is 19.4 Å². The Kier molecular flexibility index (Phi) is 6.11. The molecule has 1 N–H and O–H groups in total. The molecular weight excluding hydrogens is 348 g/mol. The van der Waals surface area contributed by atoms with Crippen LogP contribution in [0.2, 0.25) is 0 Å². The van der Waals surface area contributed by atoms with Crippen molar-refractivity contribution in [1.29, 1.82) is 0 Å². The van der Waals surface area contributed by atoms with E-state index in [1.54, 1.807) is 11.8 Å². The Bertz CT molecular complexity index is 851. The normalized spacial score (nSPS) is 19.0. The van der Waals surface area contributed by atoms with Gasteiger partial charge in [-0.05, 0) is 23.8 Å². The van der Waals surface area contributed by atoms with Crippen LogP contribution in [0.1, 0.15) is 24.0 Å². The highest BCUT2D eigenvalue weighted by molar-refractivity contribution is 7.98. The molecule has 1 aliphatic heterocycles. The minimum atomic E-state index is -1.64. The second-order valence-electron chi connectivity index (χ2n) is 5.83. The van der Waals surface area contributed by atoms with Crippen LogP contribution in [0.3, 0.4) is 0 Å². The van der Waals surface area contributed by atoms with Gasteiger partial charge in [0.2, 0.25) is 11.9 Å². The van der Waals surface area contributed by atoms with E-state index in [4.69, 9.17) is 4.74 Å². The van der Waals surface area contributed by atoms with Gasteiger partial charge in [0, 0.05) is 29.1 Å². The minimum Gasteiger partial charge on any atom is -0.452 e. The minimum absolute atomic E-state index is 0.301. The Morgan fingerprint density at radius 2 is 1.77 bits per heavy atom. The summed E-state index contributed by atoms with van der Waals surface area (Å²) in [5.74, 6) is 5.55. The molecule has 4 nitrogen and oxygen atoms in total. The number of aliphatic hydroxyl groups is 1. The van der Waals surface area contributed by atoms with Gasteiger partial charge in [0.05, 0.1) is 0 Å². The van der Waals surface area contributed by atoms with Crippen molar-refractivity contribution >= 4 is 23.5 Å². The van der Waals surface area contributed by atoms with Crippen LogP contribution in [0.4, 0.5) is 0 Å². The lowest BCUT2D eigenvalue weighted by Crippen LogP contribution is -2.24. The summed E-state index contributed by atoms with van der Waals surface area (Å²) >= 11 is 1.75. The van der Waals surface area contributed by atoms with E-state index in [9.17, 15) is 14.7 Å². The predicted molar refractivity (Wildman–Crippen MR) is 99.5 cm³/mol. The van der Waals surface area contributed by atoms with Crippen LogP contribution < -0.4 is 0 Å². The molecule has 0 aromatic heterocycles. The van der Waals surface area contributed by atoms with Crippen LogP contribution in [0.15, 0.2) is 59.5 Å². The van der Waals surface area contributed by atoms with E-state index in [-0.39, 0.29) is 0 Å². The van der Waals surface area contributed by atoms with Crippen molar-refractivity contribution in [2.75, 3.05) is 0 Å². The summed E-state index contributed by atoms with van der Waals surface area (Å²) in [5.41, 5.74) is 2.10. The van der Waals surface area contributed by atoms with Gasteiger partial charge in [-0.3, -0.25) is 4.79 Å². The van der Waals surface area contributed by atoms with Gasteiger partial charge in [-0.25, -0.2) is 4.79 Å². The molecule has 5 heteroatoms. The van der Waals surface area contributed by atoms with Crippen molar-refractivity contribution in [3.8, 4) is 11.8 Å². The fourth-order valence-corrected chi connectivity index (χ4v) is 3.49. The molecule has 1 heterocycles. The molecule has 2 atom stereocenters. The molecule has 0 saturated carbocycles. The average molecular weight is 366 g/mol. The van der Waals surface area contributed by atoms with E-state index < -0.39 is 24.0 Å². The van der Waals surface area contributed by atoms with Crippen molar-refractivity contribution in [2.45, 2.75) is 35.7 Å². The van der Waals surface area contributed by atoms with Crippen molar-refractivity contribution in [2.24, 2.45) is 0 Å². The lowest BCUT2D eigenvalue weighted by molar-refractivity contribution is -0.147. The van der Waals surface area contributed by atoms with Gasteiger partial charge < -0.3 is 9.84 Å². The van der Waals surface area contributed by atoms with Crippen molar-refractivity contribution in [1.82, 2.24) is 0 Å². The molecule has 132 valence electrons. The Balaban J connectivity index is 1.58. The molecule has 26 heavy (non-hydrogen) atoms. The van der Waals surface area contributed by atoms with Gasteiger partial charge >= 0.3 is 5.97 Å². The van der Waals surface area contributed by atoms with Crippen LogP contribution in [0.5, 0.6) is 0 Å². The first-order valence-electron chi connectivity index (χ1n) is 8.32. The third-order valence-corrected chi connectivity index (χ3v) is 5.04. The maximum Gasteiger partial charge on any atom is 0.343 e. The standard InChI is InChI=1S/C21H18O4S/c22-19-18(25-21(24)20(19)23)13-7-6-9-15-8-4-5-10-16(15)14-26-17-11-2-1-3-12-17/h1-5,8,10-12,18,20,23H,7,13-14H2. The Hall–Kier alpha value is -2.55. The van der Waals surface area contributed by atoms with Gasteiger partial charge in [-0.15, -0.1) is 11.8 Å². The van der Waals surface area contributed by atoms with E-state index in [0.717, 1.165) is 16.9 Å². The molecule has 0 spiro atoms. The maximum absolute atomic E-state index is 11.6. The monoisotopic (exact) mass is 366 g/mol. The highest BCUT2D eigenvalue weighted by atomic mass is 32.2. The fraction of sp³-hybridized carbons (Fsp3) is 0.238. The molecule has 3 rings (SSSR count). The van der Waals surface area contributed by atoms with Crippen LogP contribution in [-0.4, -0.2) is 29.1 Å². The van der Waals surface area contributed by atoms with Crippen LogP contribution >= 0.6 is 11.8 Å². The lowest BCUT2D eigenvalue weighted by Gasteiger charge is -2.05. The molecule has 0 aliphatic carbocycles. The van der Waals surface area contributed by atoms with Gasteiger partial charge in [-0.1, -0.05) is 48.2 Å². The number of esters is 1. The number of rotatable bonds is 5. The summed E-state index contributed by atoms with van der Waals surface area (Å²) in [7, 11) is 0. The number of carbonyl (C=O) groups is 2. The summed E-state index contributed by atoms with van der Waals surface area (Å²) in [5, 5.41) is 9.30. The molecule has 0 radical (unpaired) electrons. The Morgan fingerprint density at radius 3 is 2.50 bits per heavy atom. The SMILES string of the molecule is O=C1OC(CCC#Cc2ccccc2CSc2ccccc2)C(=O)C1O. The molecule has 2 unspecified atom stereocenters. The summed E-state index contributed by atoms with van der Waals surface area (Å²) < 4.78 is 4.84. The highest BCUT2D eigenvalue weighted by Crippen LogP contribution is 2.24. The first-order valence-corrected chi connectivity index (χ1v) is 9.30. The Morgan fingerprint density at radius 1 is 1.04 bits per heavy atom. The van der Waals surface area contributed by atoms with Gasteiger partial charge in [0.25, 0.3) is 0 Å². The predicted octanol–water partition coefficient (Wildman–Crippen LogP) is 2.97. The van der Waals surface area contributed by atoms with E-state index in [0.29, 0.717) is 12.8 Å². The molecule has 2 aromatic carbocycles. The number of benzene rings is 2. The summed E-state index contributed by atoms with van der Waals surface area (Å²) in [6.07, 6.45) is -1.80. The molecule has 1 saturated heterocycles. The Labute approximate surface area is 156 Å². The number of aliphatic hydroxyl groups excluding tert-OH is 1. The van der Waals surface area contributed by atoms with E-state index >= 15 is 0 Å². The van der Waals surface area contributed by atoms with Crippen LogP contribution in [0.25, 0.3) is 0 Å². The quantitative estimate of drug-likeness (QED) is 0.381. The van der Waals surface area contributed by atoms with Crippen molar-refractivity contribution in [3.63, 3.8) is 0 Å². The zero-order valence-corrected chi connectivity index (χ0v) is 14.9. The average Bonchev–Trinajstić information content (AvgIpc) is 2.92. The largest absolute Gasteiger partial charge is 0.452 e. The zero-order valence-electron chi connectivity index (χ0n) is 14.1. The third kappa shape index (κ3) is 4.54. The second-order valence-corrected chi connectivity index (χ2v) is 6.88. The zero-order chi connectivity index (χ0) is 18.4. The molecular formula is C21H18O4S. The van der Waals surface area contributed by atoms with Gasteiger partial charge in [0.15, 0.2) is 6.10 Å². The number of ketones is 1. The fourth-order valence-electron chi connectivity index (χ4n) is 2.56. The highest BCUT2D eigenvalue weighted by Gasteiger charge is 2.41. The number of carbonyl (C=O) groups excluding carboxylic acids is 2. The lowest BCUT2D eigenvalue weighted by atomic mass is 10.1. The van der Waals surface area contributed by atoms with Crippen LogP contribution in [-0.2, 0) is 20.1 Å². The van der Waals surface area contributed by atoms with Crippen LogP contribution in [0, 0.1) is 11.8 Å². The number of hydrogen-bond acceptors (Lipinski definition) is 5. The van der Waals surface area contributed by atoms with E-state index in [1.807, 2.05) is 36.4 Å². The topological polar surface area (TPSA) is 63.6 Å². The first kappa shape index (κ1) is 18.2. The van der Waals surface area contributed by atoms with E-state index in [1.165, 1.54) is 4.90 Å². The van der Waals surface area contributed by atoms with Crippen molar-refractivity contribution in [3.05, 3.63) is 65.7 Å². The number of cyclic esters (lactones) is 1. The smallest absolute Gasteiger partial charge is 0.343 e. The van der Waals surface area contributed by atoms with Gasteiger partial charge in [-0.2, -0.15) is 0 Å². The number of thioether (sulfide) groups is 1.